The van der Waals surface area contributed by atoms with Crippen LogP contribution in [0.5, 0.6) is 0 Å². The molecule has 0 aromatic carbocycles. The van der Waals surface area contributed by atoms with E-state index in [1.165, 1.54) is 44.1 Å². The summed E-state index contributed by atoms with van der Waals surface area (Å²) in [6, 6.07) is -1.16. The van der Waals surface area contributed by atoms with E-state index >= 15 is 0 Å². The van der Waals surface area contributed by atoms with Gasteiger partial charge in [-0.3, -0.25) is 19.3 Å². The van der Waals surface area contributed by atoms with Crippen LogP contribution in [-0.4, -0.2) is 106 Å². The van der Waals surface area contributed by atoms with Crippen LogP contribution in [-0.2, 0) is 28.8 Å². The maximum atomic E-state index is 13.2. The van der Waals surface area contributed by atoms with E-state index in [0.717, 1.165) is 16.4 Å². The van der Waals surface area contributed by atoms with E-state index in [0.29, 0.717) is 11.4 Å². The van der Waals surface area contributed by atoms with Crippen molar-refractivity contribution in [1.29, 1.82) is 0 Å². The lowest BCUT2D eigenvalue weighted by Crippen LogP contribution is -2.71. The summed E-state index contributed by atoms with van der Waals surface area (Å²) in [6.45, 7) is 2.37. The van der Waals surface area contributed by atoms with E-state index < -0.39 is 52.4 Å². The van der Waals surface area contributed by atoms with E-state index in [2.05, 4.69) is 35.5 Å². The van der Waals surface area contributed by atoms with Gasteiger partial charge in [0.05, 0.1) is 0 Å². The van der Waals surface area contributed by atoms with Gasteiger partial charge < -0.3 is 26.1 Å². The highest BCUT2D eigenvalue weighted by molar-refractivity contribution is 8.00. The minimum absolute atomic E-state index is 0.00137. The van der Waals surface area contributed by atoms with Crippen LogP contribution in [0, 0.1) is 0 Å². The van der Waals surface area contributed by atoms with Gasteiger partial charge in [0.2, 0.25) is 23.5 Å². The standard InChI is InChI=1S/C21H20N10O8S2/c1-21(2,19(37)38)39-28-11(14-25-20(22)41-29-14)15(33)24-12-16(34)30-13(18(35)36)8(6-40-17(12)30)5-31-7-23-26-9(31)3-4-10(32)27-31/h3-4,7,12,17H,5-6H2,1-2H3,(H5-,22,24,25,27,29,32,33,35,36,37,38)/p+1/b28-11-/t12-,17?,31?/m1/s1. The Morgan fingerprint density at radius 1 is 1.32 bits per heavy atom. The largest absolute Gasteiger partial charge is 0.478 e. The van der Waals surface area contributed by atoms with Crippen LogP contribution in [0.4, 0.5) is 5.13 Å². The number of quaternary nitrogens is 1. The lowest BCUT2D eigenvalue weighted by atomic mass is 10.0. The summed E-state index contributed by atoms with van der Waals surface area (Å²) in [5, 5.41) is 32.5. The molecule has 1 aromatic heterocycles. The number of rotatable bonds is 9. The zero-order chi connectivity index (χ0) is 29.7. The number of oxime groups is 1. The van der Waals surface area contributed by atoms with Gasteiger partial charge in [-0.05, 0) is 13.8 Å². The quantitative estimate of drug-likeness (QED) is 0.0906. The molecule has 1 saturated heterocycles. The number of carbonyl (C=O) groups is 5. The average Bonchev–Trinajstić information content (AvgIpc) is 3.52. The van der Waals surface area contributed by atoms with Gasteiger partial charge in [0.25, 0.3) is 23.6 Å². The summed E-state index contributed by atoms with van der Waals surface area (Å²) in [6.07, 6.45) is 4.10. The molecule has 4 aliphatic rings. The molecule has 0 saturated carbocycles. The number of anilines is 1. The first-order valence-corrected chi connectivity index (χ1v) is 13.5. The fraction of sp³-hybridized carbons (Fsp3) is 0.333. The molecule has 214 valence electrons. The lowest BCUT2D eigenvalue weighted by molar-refractivity contribution is -0.772. The van der Waals surface area contributed by atoms with Crippen LogP contribution >= 0.6 is 23.3 Å². The number of carbonyl (C=O) groups excluding carboxylic acids is 3. The fourth-order valence-electron chi connectivity index (χ4n) is 4.14. The third-order valence-electron chi connectivity index (χ3n) is 6.24. The Morgan fingerprint density at radius 2 is 2.07 bits per heavy atom. The number of hydrogen-bond donors (Lipinski definition) is 5. The number of nitrogens with zero attached hydrogens (tertiary/aromatic N) is 7. The van der Waals surface area contributed by atoms with Crippen LogP contribution < -0.4 is 16.5 Å². The summed E-state index contributed by atoms with van der Waals surface area (Å²) in [5.41, 5.74) is 6.03. The molecule has 3 amide bonds. The van der Waals surface area contributed by atoms with Gasteiger partial charge in [0, 0.05) is 35.0 Å². The number of nitrogens with one attached hydrogen (secondary N) is 2. The first kappa shape index (κ1) is 27.9. The number of nitrogens with two attached hydrogens (primary N) is 1. The van der Waals surface area contributed by atoms with Crippen molar-refractivity contribution in [2.45, 2.75) is 30.9 Å². The third-order valence-corrected chi connectivity index (χ3v) is 8.12. The predicted molar refractivity (Wildman–Crippen MR) is 142 cm³/mol. The van der Waals surface area contributed by atoms with Crippen LogP contribution in [0.2, 0.25) is 0 Å². The van der Waals surface area contributed by atoms with E-state index in [9.17, 15) is 34.2 Å². The van der Waals surface area contributed by atoms with E-state index in [1.54, 1.807) is 0 Å². The molecule has 20 heteroatoms. The van der Waals surface area contributed by atoms with Gasteiger partial charge >= 0.3 is 11.9 Å². The fourth-order valence-corrected chi connectivity index (χ4v) is 5.91. The molecule has 1 fully saturated rings. The Bertz CT molecular complexity index is 1550. The number of carboxylic acids is 2. The summed E-state index contributed by atoms with van der Waals surface area (Å²) in [4.78, 5) is 72.2. The number of aliphatic carboxylic acids is 2. The van der Waals surface area contributed by atoms with Crippen molar-refractivity contribution in [3.63, 3.8) is 0 Å². The van der Waals surface area contributed by atoms with Gasteiger partial charge in [0.15, 0.2) is 5.13 Å². The topological polar surface area (TPSA) is 251 Å². The second-order valence-electron chi connectivity index (χ2n) is 9.45. The van der Waals surface area contributed by atoms with Gasteiger partial charge in [0.1, 0.15) is 23.7 Å². The van der Waals surface area contributed by atoms with E-state index in [1.807, 2.05) is 0 Å². The molecule has 1 aromatic rings. The first-order chi connectivity index (χ1) is 19.3. The van der Waals surface area contributed by atoms with Crippen molar-refractivity contribution in [2.24, 2.45) is 15.4 Å². The summed E-state index contributed by atoms with van der Waals surface area (Å²) in [7, 11) is 0. The van der Waals surface area contributed by atoms with E-state index in [-0.39, 0.29) is 33.5 Å². The van der Waals surface area contributed by atoms with Crippen LogP contribution in [0.15, 0.2) is 38.8 Å². The number of hydrogen-bond acceptors (Lipinski definition) is 14. The molecule has 3 atom stereocenters. The molecule has 41 heavy (non-hydrogen) atoms. The SMILES string of the molecule is CC(C)(O/N=C(\C(=O)N[C@@H]1C(=O)N2C(C(=O)O)=C(C[N+]34C=NN=C3C=CC(=O)N4)CSC12)c1nsc(N)n1)C(=O)O. The normalized spacial score (nSPS) is 25.2. The van der Waals surface area contributed by atoms with Crippen molar-refractivity contribution in [3.8, 4) is 0 Å². The highest BCUT2D eigenvalue weighted by Crippen LogP contribution is 2.41. The van der Waals surface area contributed by atoms with Crippen molar-refractivity contribution in [3.05, 3.63) is 29.2 Å². The molecule has 6 N–H and O–H groups in total. The smallest absolute Gasteiger partial charge is 0.352 e. The highest BCUT2D eigenvalue weighted by Gasteiger charge is 2.56. The molecular formula is C21H21N10O8S2+. The summed E-state index contributed by atoms with van der Waals surface area (Å²) < 4.78 is 3.57. The minimum Gasteiger partial charge on any atom is -0.478 e. The highest BCUT2D eigenvalue weighted by atomic mass is 32.2. The number of thioether (sulfide) groups is 1. The number of amidine groups is 1. The molecule has 4 aliphatic heterocycles. The van der Waals surface area contributed by atoms with Crippen molar-refractivity contribution >= 4 is 76.0 Å². The van der Waals surface area contributed by atoms with Crippen LogP contribution in [0.3, 0.4) is 0 Å². The number of β-lactam (4-membered cyclic amide) rings is 1. The zero-order valence-corrected chi connectivity index (χ0v) is 22.8. The Kier molecular flexibility index (Phi) is 6.83. The number of amides is 3. The molecule has 2 unspecified atom stereocenters. The second-order valence-corrected chi connectivity index (χ2v) is 11.3. The Hall–Kier alpha value is -4.69. The Morgan fingerprint density at radius 3 is 2.73 bits per heavy atom. The first-order valence-electron chi connectivity index (χ1n) is 11.6. The second kappa shape index (κ2) is 10.1. The minimum atomic E-state index is -1.81. The molecule has 0 spiro atoms. The maximum Gasteiger partial charge on any atom is 0.352 e. The molecular weight excluding hydrogens is 584 g/mol. The van der Waals surface area contributed by atoms with Gasteiger partial charge in [-0.15, -0.1) is 16.4 Å². The third kappa shape index (κ3) is 4.91. The molecule has 0 radical (unpaired) electrons. The van der Waals surface area contributed by atoms with Crippen molar-refractivity contribution in [1.82, 2.24) is 25.0 Å². The monoisotopic (exact) mass is 605 g/mol. The molecule has 18 nitrogen and oxygen atoms in total. The number of fused-ring (bicyclic) bond motifs is 2. The van der Waals surface area contributed by atoms with Crippen LogP contribution in [0.25, 0.3) is 0 Å². The van der Waals surface area contributed by atoms with Crippen molar-refractivity contribution < 1.29 is 43.6 Å². The number of nitrogen functional groups attached to an aromatic ring is 1. The lowest BCUT2D eigenvalue weighted by Gasteiger charge is -2.49. The Balaban J connectivity index is 1.38. The Labute approximate surface area is 238 Å². The zero-order valence-electron chi connectivity index (χ0n) is 21.2. The van der Waals surface area contributed by atoms with Crippen LogP contribution in [0.1, 0.15) is 19.7 Å². The average molecular weight is 606 g/mol. The summed E-state index contributed by atoms with van der Waals surface area (Å²) >= 11 is 1.95. The van der Waals surface area contributed by atoms with Crippen molar-refractivity contribution in [2.75, 3.05) is 18.0 Å². The van der Waals surface area contributed by atoms with Gasteiger partial charge in [-0.1, -0.05) is 15.4 Å². The van der Waals surface area contributed by atoms with E-state index in [4.69, 9.17) is 10.6 Å². The maximum absolute atomic E-state index is 13.2. The summed E-state index contributed by atoms with van der Waals surface area (Å²) in [5.74, 6) is -4.58. The number of aromatic nitrogens is 2. The molecule has 5 rings (SSSR count). The number of carboxylic acid groups (broad SMARTS) is 2. The molecule has 5 heterocycles. The van der Waals surface area contributed by atoms with Gasteiger partial charge in [-0.2, -0.15) is 14.8 Å². The van der Waals surface area contributed by atoms with Gasteiger partial charge in [-0.25, -0.2) is 9.59 Å². The predicted octanol–water partition coefficient (Wildman–Crippen LogP) is -1.78. The molecule has 0 bridgehead atoms. The molecule has 0 aliphatic carbocycles.